The number of aromatic nitrogens is 1. The zero-order chi connectivity index (χ0) is 22.6. The van der Waals surface area contributed by atoms with E-state index in [1.165, 1.54) is 0 Å². The summed E-state index contributed by atoms with van der Waals surface area (Å²) in [6.07, 6.45) is 0.939. The summed E-state index contributed by atoms with van der Waals surface area (Å²) in [5.41, 5.74) is 7.77. The number of aliphatic hydroxyl groups excluding tert-OH is 1. The minimum absolute atomic E-state index is 0.0789. The Hall–Kier alpha value is -3.05. The van der Waals surface area contributed by atoms with Crippen molar-refractivity contribution in [2.24, 2.45) is 0 Å². The molecule has 1 aliphatic heterocycles. The molecule has 162 valence electrons. The first-order valence-electron chi connectivity index (χ1n) is 11.1. The minimum atomic E-state index is -0.0789. The molecule has 5 rings (SSSR count). The van der Waals surface area contributed by atoms with Crippen molar-refractivity contribution in [2.45, 2.75) is 33.7 Å². The Balaban J connectivity index is 1.74. The summed E-state index contributed by atoms with van der Waals surface area (Å²) in [6.45, 7) is 7.80. The first-order valence-corrected chi connectivity index (χ1v) is 11.8. The third-order valence-corrected chi connectivity index (χ3v) is 7.06. The first kappa shape index (κ1) is 20.8. The van der Waals surface area contributed by atoms with Gasteiger partial charge < -0.3 is 9.67 Å². The van der Waals surface area contributed by atoms with Crippen LogP contribution in [0, 0.1) is 6.92 Å². The van der Waals surface area contributed by atoms with Crippen LogP contribution >= 0.6 is 12.6 Å². The Morgan fingerprint density at radius 3 is 2.44 bits per heavy atom. The predicted molar refractivity (Wildman–Crippen MR) is 134 cm³/mol. The lowest BCUT2D eigenvalue weighted by Crippen LogP contribution is -2.25. The van der Waals surface area contributed by atoms with Gasteiger partial charge >= 0.3 is 0 Å². The summed E-state index contributed by atoms with van der Waals surface area (Å²) < 4.78 is 4.44. The number of aryl methyl sites for hydroxylation is 1. The maximum Gasteiger partial charge on any atom is 0.213 e. The summed E-state index contributed by atoms with van der Waals surface area (Å²) in [5, 5.41) is 12.3. The Morgan fingerprint density at radius 2 is 1.72 bits per heavy atom. The van der Waals surface area contributed by atoms with Crippen LogP contribution in [0.25, 0.3) is 22.0 Å². The zero-order valence-corrected chi connectivity index (χ0v) is 19.5. The highest BCUT2D eigenvalue weighted by Crippen LogP contribution is 2.47. The average molecular weight is 444 g/mol. The molecule has 0 amide bonds. The van der Waals surface area contributed by atoms with E-state index in [4.69, 9.17) is 0 Å². The summed E-state index contributed by atoms with van der Waals surface area (Å²) in [4.78, 5) is 13.6. The molecule has 0 fully saturated rings. The highest BCUT2D eigenvalue weighted by molar-refractivity contribution is 7.80. The van der Waals surface area contributed by atoms with Crippen molar-refractivity contribution in [2.75, 3.05) is 12.3 Å². The van der Waals surface area contributed by atoms with Gasteiger partial charge in [-0.1, -0.05) is 30.3 Å². The second-order valence-corrected chi connectivity index (χ2v) is 8.80. The Kier molecular flexibility index (Phi) is 5.09. The van der Waals surface area contributed by atoms with Crippen molar-refractivity contribution in [3.63, 3.8) is 0 Å². The van der Waals surface area contributed by atoms with Gasteiger partial charge in [-0.15, -0.1) is 0 Å². The molecule has 1 N–H and O–H groups in total. The van der Waals surface area contributed by atoms with Crippen molar-refractivity contribution in [3.8, 4) is 0 Å². The van der Waals surface area contributed by atoms with E-state index in [-0.39, 0.29) is 11.5 Å². The number of benzene rings is 2. The van der Waals surface area contributed by atoms with E-state index in [9.17, 15) is 9.90 Å². The average Bonchev–Trinajstić information content (AvgIpc) is 3.23. The maximum absolute atomic E-state index is 13.6. The third-order valence-electron chi connectivity index (χ3n) is 6.75. The van der Waals surface area contributed by atoms with Gasteiger partial charge in [0.25, 0.3) is 0 Å². The molecule has 32 heavy (non-hydrogen) atoms. The highest BCUT2D eigenvalue weighted by atomic mass is 32.1. The van der Waals surface area contributed by atoms with Crippen LogP contribution in [-0.2, 0) is 11.3 Å². The Morgan fingerprint density at radius 1 is 1.00 bits per heavy atom. The summed E-state index contributed by atoms with van der Waals surface area (Å²) in [5.74, 6) is 0.828. The number of nitrogens with zero attached hydrogens (tertiary/aromatic N) is 2. The van der Waals surface area contributed by atoms with Crippen LogP contribution in [0.5, 0.6) is 0 Å². The standard InChI is InChI=1S/C27H26N2O2S/c1-4-28-16(2)22(18-10-5-7-12-20(18)28)24-26(30)25(27(24)31)23-17(3)29(14-9-15-32)21-13-8-6-11-19(21)23/h5-8,10-13H,4,9,14-15H2,1-3H3,(H-,30,31,32)/p+1. The number of hydrogen-bond donors (Lipinski definition) is 2. The van der Waals surface area contributed by atoms with E-state index >= 15 is 0 Å². The van der Waals surface area contributed by atoms with Crippen LogP contribution in [0.3, 0.4) is 0 Å². The number of ketones is 1. The van der Waals surface area contributed by atoms with E-state index in [0.29, 0.717) is 11.1 Å². The molecule has 4 nitrogen and oxygen atoms in total. The normalized spacial score (nSPS) is 18.1. The summed E-state index contributed by atoms with van der Waals surface area (Å²) >= 11 is 4.36. The van der Waals surface area contributed by atoms with Gasteiger partial charge in [0.15, 0.2) is 5.71 Å². The van der Waals surface area contributed by atoms with Crippen LogP contribution < -0.4 is 0 Å². The molecule has 2 aromatic carbocycles. The van der Waals surface area contributed by atoms with E-state index in [1.54, 1.807) is 0 Å². The lowest BCUT2D eigenvalue weighted by atomic mass is 9.78. The van der Waals surface area contributed by atoms with E-state index in [0.717, 1.165) is 70.0 Å². The van der Waals surface area contributed by atoms with Gasteiger partial charge in [-0.05, 0) is 31.7 Å². The van der Waals surface area contributed by atoms with Crippen molar-refractivity contribution >= 4 is 51.9 Å². The second kappa shape index (κ2) is 7.82. The van der Waals surface area contributed by atoms with E-state index < -0.39 is 0 Å². The fourth-order valence-corrected chi connectivity index (χ4v) is 5.43. The van der Waals surface area contributed by atoms with Gasteiger partial charge in [-0.2, -0.15) is 17.2 Å². The number of hydrogen-bond acceptors (Lipinski definition) is 3. The number of thiol groups is 1. The molecule has 0 unspecified atom stereocenters. The molecule has 2 heterocycles. The number of rotatable bonds is 5. The third kappa shape index (κ3) is 2.77. The van der Waals surface area contributed by atoms with Crippen molar-refractivity contribution in [1.82, 2.24) is 4.57 Å². The van der Waals surface area contributed by atoms with Gasteiger partial charge in [0.1, 0.15) is 12.3 Å². The van der Waals surface area contributed by atoms with Crippen LogP contribution in [0.1, 0.15) is 37.1 Å². The fourth-order valence-electron chi connectivity index (χ4n) is 5.28. The van der Waals surface area contributed by atoms with Crippen molar-refractivity contribution < 1.29 is 14.5 Å². The fraction of sp³-hybridized carbons (Fsp3) is 0.259. The van der Waals surface area contributed by atoms with Gasteiger partial charge in [0, 0.05) is 48.1 Å². The van der Waals surface area contributed by atoms with Gasteiger partial charge in [0.2, 0.25) is 11.5 Å². The molecule has 1 aromatic heterocycles. The molecule has 2 aliphatic rings. The summed E-state index contributed by atoms with van der Waals surface area (Å²) in [7, 11) is 0. The number of Topliss-reactive ketones (excluding diaryl/α,β-unsaturated/α-hetero) is 1. The lowest BCUT2D eigenvalue weighted by Gasteiger charge is -2.23. The Labute approximate surface area is 193 Å². The number of allylic oxidation sites excluding steroid dienone is 3. The number of aliphatic hydroxyl groups is 1. The molecule has 0 spiro atoms. The first-order chi connectivity index (χ1) is 15.5. The monoisotopic (exact) mass is 443 g/mol. The molecule has 3 aromatic rings. The highest BCUT2D eigenvalue weighted by Gasteiger charge is 2.44. The number of carbonyl (C=O) groups excluding carboxylic acids is 1. The molecular weight excluding hydrogens is 416 g/mol. The smallest absolute Gasteiger partial charge is 0.213 e. The second-order valence-electron chi connectivity index (χ2n) is 8.36. The molecule has 0 saturated heterocycles. The molecule has 0 atom stereocenters. The predicted octanol–water partition coefficient (Wildman–Crippen LogP) is 5.71. The van der Waals surface area contributed by atoms with E-state index in [2.05, 4.69) is 40.8 Å². The molecule has 1 aliphatic carbocycles. The Bertz CT molecular complexity index is 1390. The minimum Gasteiger partial charge on any atom is -0.506 e. The molecule has 0 bridgehead atoms. The van der Waals surface area contributed by atoms with Crippen LogP contribution in [0.2, 0.25) is 0 Å². The number of fused-ring (bicyclic) bond motifs is 2. The zero-order valence-electron chi connectivity index (χ0n) is 18.6. The van der Waals surface area contributed by atoms with Gasteiger partial charge in [0.05, 0.1) is 22.3 Å². The van der Waals surface area contributed by atoms with Gasteiger partial charge in [-0.3, -0.25) is 4.79 Å². The number of para-hydroxylation sites is 2. The quantitative estimate of drug-likeness (QED) is 0.301. The molecule has 0 saturated carbocycles. The van der Waals surface area contributed by atoms with Crippen LogP contribution in [0.15, 0.2) is 59.9 Å². The maximum atomic E-state index is 13.6. The van der Waals surface area contributed by atoms with E-state index in [1.807, 2.05) is 50.2 Å². The summed E-state index contributed by atoms with van der Waals surface area (Å²) in [6, 6.07) is 16.2. The van der Waals surface area contributed by atoms with Crippen molar-refractivity contribution in [3.05, 3.63) is 76.7 Å². The topological polar surface area (TPSA) is 45.2 Å². The number of carbonyl (C=O) groups is 1. The van der Waals surface area contributed by atoms with Crippen LogP contribution in [0.4, 0.5) is 5.69 Å². The molecular formula is C27H27N2O2S+. The molecule has 0 radical (unpaired) electrons. The van der Waals surface area contributed by atoms with Crippen molar-refractivity contribution in [1.29, 1.82) is 0 Å². The molecule has 5 heteroatoms. The lowest BCUT2D eigenvalue weighted by molar-refractivity contribution is -0.437. The largest absolute Gasteiger partial charge is 0.506 e. The SMILES string of the molecule is CCn1c(C)c(C2=C(O)C(=C3C(C)=[N+](CCCS)c4ccccc43)C2=O)c2ccccc21. The van der Waals surface area contributed by atoms with Gasteiger partial charge in [-0.25, -0.2) is 0 Å². The van der Waals surface area contributed by atoms with Crippen LogP contribution in [-0.4, -0.2) is 38.0 Å².